The molecule has 4 nitrogen and oxygen atoms in total. The zero-order valence-corrected chi connectivity index (χ0v) is 10.2. The van der Waals surface area contributed by atoms with Gasteiger partial charge < -0.3 is 15.2 Å². The first kappa shape index (κ1) is 13.5. The van der Waals surface area contributed by atoms with E-state index in [1.807, 2.05) is 30.3 Å². The molecule has 0 saturated carbocycles. The molecule has 1 aromatic rings. The molecule has 1 rings (SSSR count). The zero-order chi connectivity index (χ0) is 12.7. The number of ether oxygens (including phenoxy) is 1. The quantitative estimate of drug-likeness (QED) is 0.825. The van der Waals surface area contributed by atoms with Crippen LogP contribution in [-0.4, -0.2) is 23.9 Å². The molecule has 0 aliphatic carbocycles. The lowest BCUT2D eigenvalue weighted by Gasteiger charge is -2.20. The van der Waals surface area contributed by atoms with Crippen LogP contribution < -0.4 is 5.32 Å². The van der Waals surface area contributed by atoms with Gasteiger partial charge in [-0.15, -0.1) is 0 Å². The number of aliphatic hydroxyl groups excluding tert-OH is 1. The van der Waals surface area contributed by atoms with Gasteiger partial charge in [0.15, 0.2) is 0 Å². The molecule has 0 aliphatic heterocycles. The molecule has 1 aromatic carbocycles. The maximum atomic E-state index is 11.4. The highest BCUT2D eigenvalue weighted by molar-refractivity contribution is 5.67. The van der Waals surface area contributed by atoms with Crippen molar-refractivity contribution in [3.8, 4) is 0 Å². The molecule has 17 heavy (non-hydrogen) atoms. The van der Waals surface area contributed by atoms with Gasteiger partial charge in [-0.1, -0.05) is 30.3 Å². The Bertz CT molecular complexity index is 338. The van der Waals surface area contributed by atoms with E-state index in [-0.39, 0.29) is 6.04 Å². The fourth-order valence-electron chi connectivity index (χ4n) is 1.62. The van der Waals surface area contributed by atoms with Crippen LogP contribution in [0.2, 0.25) is 0 Å². The van der Waals surface area contributed by atoms with Crippen molar-refractivity contribution < 1.29 is 14.6 Å². The van der Waals surface area contributed by atoms with E-state index in [2.05, 4.69) is 5.32 Å². The van der Waals surface area contributed by atoms with Crippen molar-refractivity contribution >= 4 is 6.09 Å². The first-order chi connectivity index (χ1) is 8.13. The number of aliphatic hydroxyl groups is 1. The van der Waals surface area contributed by atoms with Crippen LogP contribution in [0.5, 0.6) is 0 Å². The van der Waals surface area contributed by atoms with Crippen molar-refractivity contribution in [1.82, 2.24) is 5.32 Å². The monoisotopic (exact) mass is 237 g/mol. The normalized spacial score (nSPS) is 13.8. The fraction of sp³-hybridized carbons (Fsp3) is 0.462. The number of nitrogens with one attached hydrogen (secondary N) is 1. The van der Waals surface area contributed by atoms with Gasteiger partial charge in [0.25, 0.3) is 0 Å². The highest BCUT2D eigenvalue weighted by Crippen LogP contribution is 2.18. The van der Waals surface area contributed by atoms with Crippen LogP contribution in [0.25, 0.3) is 0 Å². The third kappa shape index (κ3) is 4.87. The number of hydrogen-bond acceptors (Lipinski definition) is 3. The summed E-state index contributed by atoms with van der Waals surface area (Å²) in [5.74, 6) is 0. The summed E-state index contributed by atoms with van der Waals surface area (Å²) in [6, 6.07) is 9.32. The smallest absolute Gasteiger partial charge is 0.407 e. The van der Waals surface area contributed by atoms with E-state index in [9.17, 15) is 9.90 Å². The molecule has 0 aliphatic rings. The van der Waals surface area contributed by atoms with E-state index < -0.39 is 12.2 Å². The van der Waals surface area contributed by atoms with Crippen LogP contribution >= 0.6 is 0 Å². The zero-order valence-electron chi connectivity index (χ0n) is 10.2. The van der Waals surface area contributed by atoms with Crippen molar-refractivity contribution in [1.29, 1.82) is 0 Å². The summed E-state index contributed by atoms with van der Waals surface area (Å²) < 4.78 is 4.84. The van der Waals surface area contributed by atoms with E-state index in [1.54, 1.807) is 13.8 Å². The number of alkyl carbamates (subject to hydrolysis) is 1. The first-order valence-electron chi connectivity index (χ1n) is 5.79. The summed E-state index contributed by atoms with van der Waals surface area (Å²) in [5.41, 5.74) is 0.960. The molecule has 0 unspecified atom stereocenters. The minimum absolute atomic E-state index is 0.227. The minimum Gasteiger partial charge on any atom is -0.450 e. The summed E-state index contributed by atoms with van der Waals surface area (Å²) >= 11 is 0. The summed E-state index contributed by atoms with van der Waals surface area (Å²) in [5, 5.41) is 12.2. The number of carbonyl (C=O) groups is 1. The average Bonchev–Trinajstić information content (AvgIpc) is 2.29. The van der Waals surface area contributed by atoms with Crippen molar-refractivity contribution in [3.63, 3.8) is 0 Å². The van der Waals surface area contributed by atoms with E-state index >= 15 is 0 Å². The molecule has 0 radical (unpaired) electrons. The van der Waals surface area contributed by atoms with Gasteiger partial charge in [-0.3, -0.25) is 0 Å². The van der Waals surface area contributed by atoms with E-state index in [1.165, 1.54) is 0 Å². The van der Waals surface area contributed by atoms with Gasteiger partial charge in [0.1, 0.15) is 0 Å². The predicted molar refractivity (Wildman–Crippen MR) is 65.6 cm³/mol. The third-order valence-electron chi connectivity index (χ3n) is 2.35. The second-order valence-electron chi connectivity index (χ2n) is 3.91. The number of carbonyl (C=O) groups excluding carboxylic acids is 1. The Hall–Kier alpha value is -1.55. The summed E-state index contributed by atoms with van der Waals surface area (Å²) in [7, 11) is 0. The lowest BCUT2D eigenvalue weighted by molar-refractivity contribution is 0.136. The van der Waals surface area contributed by atoms with Crippen LogP contribution in [0, 0.1) is 0 Å². The molecular weight excluding hydrogens is 218 g/mol. The van der Waals surface area contributed by atoms with Gasteiger partial charge in [-0.05, 0) is 25.8 Å². The Labute approximate surface area is 102 Å². The maximum Gasteiger partial charge on any atom is 0.407 e. The summed E-state index contributed by atoms with van der Waals surface area (Å²) in [4.78, 5) is 11.4. The van der Waals surface area contributed by atoms with E-state index in [4.69, 9.17) is 4.74 Å². The SMILES string of the molecule is CCOC(=O)N[C@H](C[C@H](C)O)c1ccccc1. The lowest BCUT2D eigenvalue weighted by atomic mass is 10.0. The molecule has 2 N–H and O–H groups in total. The Balaban J connectivity index is 2.70. The highest BCUT2D eigenvalue weighted by atomic mass is 16.5. The standard InChI is InChI=1S/C13H19NO3/c1-3-17-13(16)14-12(9-10(2)15)11-7-5-4-6-8-11/h4-8,10,12,15H,3,9H2,1-2H3,(H,14,16)/t10-,12+/m0/s1. The molecule has 0 aromatic heterocycles. The second-order valence-corrected chi connectivity index (χ2v) is 3.91. The number of hydrogen-bond donors (Lipinski definition) is 2. The summed E-state index contributed by atoms with van der Waals surface area (Å²) in [6.07, 6.45) is -0.479. The van der Waals surface area contributed by atoms with E-state index in [0.29, 0.717) is 13.0 Å². The van der Waals surface area contributed by atoms with Crippen molar-refractivity contribution in [3.05, 3.63) is 35.9 Å². The fourth-order valence-corrected chi connectivity index (χ4v) is 1.62. The predicted octanol–water partition coefficient (Wildman–Crippen LogP) is 2.24. The molecule has 0 spiro atoms. The molecule has 0 fully saturated rings. The Kier molecular flexibility index (Phi) is 5.49. The molecular formula is C13H19NO3. The number of amides is 1. The van der Waals surface area contributed by atoms with Crippen molar-refractivity contribution in [2.24, 2.45) is 0 Å². The first-order valence-corrected chi connectivity index (χ1v) is 5.79. The van der Waals surface area contributed by atoms with Gasteiger partial charge in [0.2, 0.25) is 0 Å². The van der Waals surface area contributed by atoms with Gasteiger partial charge in [0, 0.05) is 0 Å². The Morgan fingerprint density at radius 3 is 2.59 bits per heavy atom. The minimum atomic E-state index is -0.484. The van der Waals surface area contributed by atoms with Crippen LogP contribution in [0.4, 0.5) is 4.79 Å². The van der Waals surface area contributed by atoms with Crippen LogP contribution in [0.3, 0.4) is 0 Å². The highest BCUT2D eigenvalue weighted by Gasteiger charge is 2.16. The second kappa shape index (κ2) is 6.91. The molecule has 0 heterocycles. The number of rotatable bonds is 5. The largest absolute Gasteiger partial charge is 0.450 e. The summed E-state index contributed by atoms with van der Waals surface area (Å²) in [6.45, 7) is 3.79. The Morgan fingerprint density at radius 2 is 2.06 bits per heavy atom. The molecule has 94 valence electrons. The topological polar surface area (TPSA) is 58.6 Å². The maximum absolute atomic E-state index is 11.4. The van der Waals surface area contributed by atoms with E-state index in [0.717, 1.165) is 5.56 Å². The third-order valence-corrected chi connectivity index (χ3v) is 2.35. The van der Waals surface area contributed by atoms with Gasteiger partial charge >= 0.3 is 6.09 Å². The molecule has 2 atom stereocenters. The van der Waals surface area contributed by atoms with Gasteiger partial charge in [-0.2, -0.15) is 0 Å². The van der Waals surface area contributed by atoms with Gasteiger partial charge in [-0.25, -0.2) is 4.79 Å². The number of benzene rings is 1. The van der Waals surface area contributed by atoms with Gasteiger partial charge in [0.05, 0.1) is 18.8 Å². The van der Waals surface area contributed by atoms with Crippen LogP contribution in [0.15, 0.2) is 30.3 Å². The van der Waals surface area contributed by atoms with Crippen LogP contribution in [0.1, 0.15) is 31.9 Å². The lowest BCUT2D eigenvalue weighted by Crippen LogP contribution is -2.31. The average molecular weight is 237 g/mol. The molecule has 4 heteroatoms. The molecule has 0 saturated heterocycles. The Morgan fingerprint density at radius 1 is 1.41 bits per heavy atom. The van der Waals surface area contributed by atoms with Crippen LogP contribution in [-0.2, 0) is 4.74 Å². The van der Waals surface area contributed by atoms with Crippen molar-refractivity contribution in [2.75, 3.05) is 6.61 Å². The van der Waals surface area contributed by atoms with Crippen molar-refractivity contribution in [2.45, 2.75) is 32.4 Å². The molecule has 1 amide bonds. The molecule has 0 bridgehead atoms.